The minimum absolute atomic E-state index is 0.176. The van der Waals surface area contributed by atoms with Crippen molar-refractivity contribution in [3.8, 4) is 17.2 Å². The Morgan fingerprint density at radius 2 is 1.91 bits per heavy atom. The highest BCUT2D eigenvalue weighted by atomic mass is 16.5. The molecule has 0 saturated carbocycles. The van der Waals surface area contributed by atoms with Gasteiger partial charge in [0, 0.05) is 30.7 Å². The van der Waals surface area contributed by atoms with Crippen LogP contribution in [0.3, 0.4) is 0 Å². The van der Waals surface area contributed by atoms with Crippen LogP contribution in [0, 0.1) is 0 Å². The van der Waals surface area contributed by atoms with Gasteiger partial charge in [-0.2, -0.15) is 0 Å². The summed E-state index contributed by atoms with van der Waals surface area (Å²) in [5.41, 5.74) is 1.65. The standard InChI is InChI=1S/C28H34N2O5/c1-4-33-27(31)14-6-5-9-17-34-25-12-8-7-11-23(25)20-30(21(2)3)28(32)22-15-16-24(29-19-22)26-13-10-18-35-26/h7-8,10-13,15-16,18-19,21H,4-6,9,14,17,20H2,1-3H3/i20D. The van der Waals surface area contributed by atoms with Crippen LogP contribution in [0.5, 0.6) is 5.75 Å². The van der Waals surface area contributed by atoms with Crippen LogP contribution in [0.15, 0.2) is 65.4 Å². The summed E-state index contributed by atoms with van der Waals surface area (Å²) in [4.78, 5) is 30.7. The van der Waals surface area contributed by atoms with E-state index < -0.39 is 6.52 Å². The average Bonchev–Trinajstić information content (AvgIpc) is 3.41. The Balaban J connectivity index is 1.65. The van der Waals surface area contributed by atoms with Gasteiger partial charge in [0.05, 0.1) is 26.4 Å². The average molecular weight is 480 g/mol. The summed E-state index contributed by atoms with van der Waals surface area (Å²) in [5.74, 6) is 0.745. The van der Waals surface area contributed by atoms with Crippen LogP contribution in [0.4, 0.5) is 0 Å². The number of pyridine rings is 1. The zero-order valence-corrected chi connectivity index (χ0v) is 20.6. The molecule has 1 atom stereocenters. The summed E-state index contributed by atoms with van der Waals surface area (Å²) < 4.78 is 25.2. The lowest BCUT2D eigenvalue weighted by atomic mass is 10.1. The highest BCUT2D eigenvalue weighted by Crippen LogP contribution is 2.23. The third-order valence-electron chi connectivity index (χ3n) is 5.36. The molecule has 2 aromatic heterocycles. The third-order valence-corrected chi connectivity index (χ3v) is 5.36. The lowest BCUT2D eigenvalue weighted by Gasteiger charge is -2.28. The van der Waals surface area contributed by atoms with Crippen LogP contribution >= 0.6 is 0 Å². The third kappa shape index (κ3) is 7.70. The van der Waals surface area contributed by atoms with E-state index in [9.17, 15) is 9.59 Å². The molecule has 0 radical (unpaired) electrons. The topological polar surface area (TPSA) is 81.9 Å². The summed E-state index contributed by atoms with van der Waals surface area (Å²) in [6, 6.07) is 14.1. The molecule has 1 aromatic carbocycles. The fourth-order valence-corrected chi connectivity index (χ4v) is 3.51. The van der Waals surface area contributed by atoms with Crippen LogP contribution in [0.25, 0.3) is 11.5 Å². The van der Waals surface area contributed by atoms with E-state index in [1.54, 1.807) is 37.5 Å². The molecule has 3 rings (SSSR count). The van der Waals surface area contributed by atoms with Gasteiger partial charge < -0.3 is 18.8 Å². The summed E-state index contributed by atoms with van der Waals surface area (Å²) in [5, 5.41) is 0. The van der Waals surface area contributed by atoms with E-state index in [2.05, 4.69) is 4.98 Å². The number of carbonyl (C=O) groups is 2. The van der Waals surface area contributed by atoms with Gasteiger partial charge in [-0.15, -0.1) is 0 Å². The van der Waals surface area contributed by atoms with E-state index >= 15 is 0 Å². The normalized spacial score (nSPS) is 12.2. The molecular weight excluding hydrogens is 444 g/mol. The molecule has 1 unspecified atom stereocenters. The highest BCUT2D eigenvalue weighted by Gasteiger charge is 2.21. The Morgan fingerprint density at radius 1 is 1.09 bits per heavy atom. The number of para-hydroxylation sites is 1. The Hall–Kier alpha value is -3.61. The number of hydrogen-bond donors (Lipinski definition) is 0. The Morgan fingerprint density at radius 3 is 2.60 bits per heavy atom. The maximum Gasteiger partial charge on any atom is 0.305 e. The van der Waals surface area contributed by atoms with Crippen molar-refractivity contribution in [3.05, 3.63) is 72.1 Å². The van der Waals surface area contributed by atoms with Gasteiger partial charge in [-0.05, 0) is 70.4 Å². The van der Waals surface area contributed by atoms with Gasteiger partial charge in [0.2, 0.25) is 0 Å². The molecule has 0 bridgehead atoms. The monoisotopic (exact) mass is 479 g/mol. The maximum atomic E-state index is 13.4. The number of rotatable bonds is 13. The molecule has 1 amide bonds. The summed E-state index contributed by atoms with van der Waals surface area (Å²) >= 11 is 0. The quantitative estimate of drug-likeness (QED) is 0.224. The molecule has 7 nitrogen and oxygen atoms in total. The van der Waals surface area contributed by atoms with E-state index in [0.717, 1.165) is 19.3 Å². The van der Waals surface area contributed by atoms with Gasteiger partial charge >= 0.3 is 5.97 Å². The highest BCUT2D eigenvalue weighted by molar-refractivity contribution is 5.94. The maximum absolute atomic E-state index is 13.4. The zero-order chi connectivity index (χ0) is 25.9. The van der Waals surface area contributed by atoms with Crippen molar-refractivity contribution in [1.82, 2.24) is 9.88 Å². The van der Waals surface area contributed by atoms with E-state index in [4.69, 9.17) is 15.3 Å². The van der Waals surface area contributed by atoms with Crippen molar-refractivity contribution in [2.24, 2.45) is 0 Å². The molecule has 0 fully saturated rings. The molecule has 2 heterocycles. The van der Waals surface area contributed by atoms with Gasteiger partial charge in [0.25, 0.3) is 5.91 Å². The summed E-state index contributed by atoms with van der Waals surface area (Å²) in [7, 11) is 0. The van der Waals surface area contributed by atoms with Crippen molar-refractivity contribution in [3.63, 3.8) is 0 Å². The predicted octanol–water partition coefficient (Wildman–Crippen LogP) is 5.89. The van der Waals surface area contributed by atoms with Crippen LogP contribution in [-0.2, 0) is 16.1 Å². The fourth-order valence-electron chi connectivity index (χ4n) is 3.51. The molecule has 0 aliphatic heterocycles. The number of aromatic nitrogens is 1. The molecule has 0 aliphatic rings. The summed E-state index contributed by atoms with van der Waals surface area (Å²) in [6.45, 7) is 5.47. The molecule has 3 aromatic rings. The minimum Gasteiger partial charge on any atom is -0.493 e. The Labute approximate surface area is 208 Å². The van der Waals surface area contributed by atoms with E-state index in [1.165, 1.54) is 11.1 Å². The number of ether oxygens (including phenoxy) is 2. The number of carbonyl (C=O) groups excluding carboxylic acids is 2. The first-order valence-corrected chi connectivity index (χ1v) is 12.0. The van der Waals surface area contributed by atoms with Crippen LogP contribution < -0.4 is 4.74 Å². The fraction of sp³-hybridized carbons (Fsp3) is 0.393. The predicted molar refractivity (Wildman–Crippen MR) is 134 cm³/mol. The van der Waals surface area contributed by atoms with Crippen LogP contribution in [-0.4, -0.2) is 41.0 Å². The number of amides is 1. The van der Waals surface area contributed by atoms with Crippen LogP contribution in [0.2, 0.25) is 0 Å². The lowest BCUT2D eigenvalue weighted by molar-refractivity contribution is -0.143. The number of furan rings is 1. The van der Waals surface area contributed by atoms with Crippen molar-refractivity contribution >= 4 is 11.9 Å². The van der Waals surface area contributed by atoms with Gasteiger partial charge in [0.1, 0.15) is 11.4 Å². The van der Waals surface area contributed by atoms with Crippen LogP contribution in [0.1, 0.15) is 63.7 Å². The van der Waals surface area contributed by atoms with Crippen molar-refractivity contribution in [2.45, 2.75) is 59.0 Å². The number of esters is 1. The molecule has 0 spiro atoms. The number of hydrogen-bond acceptors (Lipinski definition) is 6. The number of unbranched alkanes of at least 4 members (excludes halogenated alkanes) is 2. The van der Waals surface area contributed by atoms with Gasteiger partial charge in [0.15, 0.2) is 5.76 Å². The molecule has 0 saturated heterocycles. The largest absolute Gasteiger partial charge is 0.493 e. The van der Waals surface area contributed by atoms with E-state index in [1.807, 2.05) is 38.1 Å². The second-order valence-electron chi connectivity index (χ2n) is 8.35. The summed E-state index contributed by atoms with van der Waals surface area (Å²) in [6.07, 6.45) is 5.85. The molecule has 0 N–H and O–H groups in total. The first-order chi connectivity index (χ1) is 17.4. The van der Waals surface area contributed by atoms with Crippen molar-refractivity contribution < 1.29 is 24.9 Å². The second-order valence-corrected chi connectivity index (χ2v) is 8.35. The van der Waals surface area contributed by atoms with E-state index in [0.29, 0.717) is 48.0 Å². The molecular formula is C28H34N2O5. The van der Waals surface area contributed by atoms with Gasteiger partial charge in [-0.25, -0.2) is 0 Å². The van der Waals surface area contributed by atoms with Crippen molar-refractivity contribution in [2.75, 3.05) is 13.2 Å². The Bertz CT molecular complexity index is 1100. The number of benzene rings is 1. The first kappa shape index (κ1) is 24.5. The molecule has 186 valence electrons. The SMILES string of the molecule is [2H]C(c1ccccc1OCCCCCC(=O)OCC)N(C(=O)c1ccc(-c2ccco2)nc1)C(C)C. The lowest BCUT2D eigenvalue weighted by Crippen LogP contribution is -2.36. The van der Waals surface area contributed by atoms with E-state index in [-0.39, 0.29) is 17.9 Å². The second kappa shape index (κ2) is 13.3. The molecule has 7 heteroatoms. The van der Waals surface area contributed by atoms with Crippen molar-refractivity contribution in [1.29, 1.82) is 0 Å². The number of nitrogens with zero attached hydrogens (tertiary/aromatic N) is 2. The molecule has 35 heavy (non-hydrogen) atoms. The van der Waals surface area contributed by atoms with Gasteiger partial charge in [-0.3, -0.25) is 14.6 Å². The zero-order valence-electron chi connectivity index (χ0n) is 21.6. The smallest absolute Gasteiger partial charge is 0.305 e. The molecule has 0 aliphatic carbocycles. The first-order valence-electron chi connectivity index (χ1n) is 12.6. The minimum atomic E-state index is -0.956. The van der Waals surface area contributed by atoms with Gasteiger partial charge in [-0.1, -0.05) is 18.2 Å². The Kier molecular flexibility index (Phi) is 9.33.